The number of rotatable bonds is 8. The van der Waals surface area contributed by atoms with Crippen molar-refractivity contribution < 1.29 is 9.32 Å². The van der Waals surface area contributed by atoms with Crippen LogP contribution in [-0.2, 0) is 5.75 Å². The highest BCUT2D eigenvalue weighted by Crippen LogP contribution is 2.28. The monoisotopic (exact) mass is 435 g/mol. The van der Waals surface area contributed by atoms with Crippen LogP contribution in [-0.4, -0.2) is 35.6 Å². The van der Waals surface area contributed by atoms with Crippen molar-refractivity contribution in [3.8, 4) is 0 Å². The minimum absolute atomic E-state index is 0.0341. The Morgan fingerprint density at radius 1 is 1.13 bits per heavy atom. The second kappa shape index (κ2) is 10.2. The van der Waals surface area contributed by atoms with Gasteiger partial charge in [0.05, 0.1) is 23.1 Å². The van der Waals surface area contributed by atoms with Crippen LogP contribution in [0.3, 0.4) is 0 Å². The molecule has 0 saturated carbocycles. The normalized spacial score (nSPS) is 15.2. The summed E-state index contributed by atoms with van der Waals surface area (Å²) in [5.74, 6) is 1.42. The molecule has 0 spiro atoms. The molecule has 1 unspecified atom stereocenters. The Morgan fingerprint density at radius 3 is 2.58 bits per heavy atom. The van der Waals surface area contributed by atoms with E-state index in [1.807, 2.05) is 37.3 Å². The highest BCUT2D eigenvalue weighted by Gasteiger charge is 2.24. The van der Waals surface area contributed by atoms with Gasteiger partial charge in [0.1, 0.15) is 5.76 Å². The molecule has 2 aromatic carbocycles. The van der Waals surface area contributed by atoms with Gasteiger partial charge in [-0.1, -0.05) is 47.1 Å². The number of nitrogens with one attached hydrogen (secondary N) is 1. The number of aromatic nitrogens is 1. The molecule has 1 amide bonds. The minimum Gasteiger partial charge on any atom is -0.360 e. The molecule has 4 rings (SSSR count). The van der Waals surface area contributed by atoms with Crippen LogP contribution in [0.2, 0.25) is 0 Å². The smallest absolute Gasteiger partial charge is 0.252 e. The number of amides is 1. The summed E-state index contributed by atoms with van der Waals surface area (Å²) < 4.78 is 5.30. The third kappa shape index (κ3) is 5.57. The molecule has 1 saturated heterocycles. The molecular formula is C25H29N3O2S. The number of benzene rings is 2. The first-order chi connectivity index (χ1) is 15.1. The zero-order valence-electron chi connectivity index (χ0n) is 18.1. The van der Waals surface area contributed by atoms with Gasteiger partial charge in [0, 0.05) is 17.5 Å². The quantitative estimate of drug-likeness (QED) is 0.496. The molecule has 6 heteroatoms. The fourth-order valence-corrected chi connectivity index (χ4v) is 4.92. The Bertz CT molecular complexity index is 1010. The number of thioether (sulfide) groups is 1. The first kappa shape index (κ1) is 21.7. The van der Waals surface area contributed by atoms with Gasteiger partial charge < -0.3 is 9.84 Å². The molecule has 0 bridgehead atoms. The summed E-state index contributed by atoms with van der Waals surface area (Å²) >= 11 is 1.59. The lowest BCUT2D eigenvalue weighted by Gasteiger charge is -2.28. The van der Waals surface area contributed by atoms with Crippen LogP contribution in [0.4, 0.5) is 0 Å². The lowest BCUT2D eigenvalue weighted by atomic mass is 10.0. The molecule has 1 fully saturated rings. The summed E-state index contributed by atoms with van der Waals surface area (Å²) in [6, 6.07) is 18.6. The van der Waals surface area contributed by atoms with Crippen LogP contribution in [0.15, 0.2) is 64.0 Å². The van der Waals surface area contributed by atoms with Gasteiger partial charge in [0.15, 0.2) is 0 Å². The summed E-state index contributed by atoms with van der Waals surface area (Å²) in [4.78, 5) is 16.5. The predicted molar refractivity (Wildman–Crippen MR) is 124 cm³/mol. The average molecular weight is 436 g/mol. The van der Waals surface area contributed by atoms with Crippen molar-refractivity contribution in [2.24, 2.45) is 0 Å². The van der Waals surface area contributed by atoms with Crippen molar-refractivity contribution in [3.05, 3.63) is 82.7 Å². The zero-order chi connectivity index (χ0) is 21.6. The van der Waals surface area contributed by atoms with Crippen molar-refractivity contribution in [1.82, 2.24) is 15.4 Å². The van der Waals surface area contributed by atoms with Gasteiger partial charge in [-0.05, 0) is 57.5 Å². The number of hydrogen-bond donors (Lipinski definition) is 1. The fraction of sp³-hybridized carbons (Fsp3) is 0.360. The molecule has 31 heavy (non-hydrogen) atoms. The molecule has 1 aliphatic rings. The van der Waals surface area contributed by atoms with Gasteiger partial charge in [-0.15, -0.1) is 11.8 Å². The maximum Gasteiger partial charge on any atom is 0.252 e. The number of hydrogen-bond acceptors (Lipinski definition) is 5. The van der Waals surface area contributed by atoms with Crippen molar-refractivity contribution in [2.45, 2.75) is 43.4 Å². The Hall–Kier alpha value is -2.57. The summed E-state index contributed by atoms with van der Waals surface area (Å²) in [6.07, 6.45) is 2.44. The van der Waals surface area contributed by atoms with Gasteiger partial charge in [-0.3, -0.25) is 9.69 Å². The van der Waals surface area contributed by atoms with E-state index < -0.39 is 0 Å². The van der Waals surface area contributed by atoms with Gasteiger partial charge in [0.25, 0.3) is 5.91 Å². The van der Waals surface area contributed by atoms with Crippen molar-refractivity contribution in [1.29, 1.82) is 0 Å². The van der Waals surface area contributed by atoms with E-state index in [2.05, 4.69) is 46.6 Å². The molecule has 0 radical (unpaired) electrons. The maximum atomic E-state index is 13.1. The first-order valence-corrected chi connectivity index (χ1v) is 11.8. The third-order valence-corrected chi connectivity index (χ3v) is 6.77. The van der Waals surface area contributed by atoms with Crippen LogP contribution in [0.5, 0.6) is 0 Å². The van der Waals surface area contributed by atoms with Gasteiger partial charge in [0.2, 0.25) is 0 Å². The highest BCUT2D eigenvalue weighted by molar-refractivity contribution is 7.98. The Labute approximate surface area is 188 Å². The van der Waals surface area contributed by atoms with Crippen LogP contribution in [0.25, 0.3) is 0 Å². The SMILES string of the molecule is Cc1ccc(C(CNC(=O)c2ccccc2SCc2cc(C)no2)N2CCCC2)cc1. The Kier molecular flexibility index (Phi) is 7.10. The predicted octanol–water partition coefficient (Wildman–Crippen LogP) is 5.15. The van der Waals surface area contributed by atoms with E-state index in [0.717, 1.165) is 29.4 Å². The van der Waals surface area contributed by atoms with E-state index in [0.29, 0.717) is 17.9 Å². The second-order valence-corrected chi connectivity index (χ2v) is 9.12. The number of carbonyl (C=O) groups is 1. The van der Waals surface area contributed by atoms with Crippen LogP contribution < -0.4 is 5.32 Å². The van der Waals surface area contributed by atoms with E-state index >= 15 is 0 Å². The second-order valence-electron chi connectivity index (χ2n) is 8.10. The molecule has 1 aromatic heterocycles. The van der Waals surface area contributed by atoms with E-state index in [-0.39, 0.29) is 11.9 Å². The molecule has 0 aliphatic carbocycles. The molecule has 162 valence electrons. The lowest BCUT2D eigenvalue weighted by molar-refractivity contribution is 0.0935. The molecule has 5 nitrogen and oxygen atoms in total. The topological polar surface area (TPSA) is 58.4 Å². The van der Waals surface area contributed by atoms with Gasteiger partial charge in [-0.2, -0.15) is 0 Å². The van der Waals surface area contributed by atoms with Gasteiger partial charge >= 0.3 is 0 Å². The maximum absolute atomic E-state index is 13.1. The molecule has 1 N–H and O–H groups in total. The molecule has 2 heterocycles. The Balaban J connectivity index is 1.44. The summed E-state index contributed by atoms with van der Waals surface area (Å²) in [6.45, 7) is 6.77. The lowest BCUT2D eigenvalue weighted by Crippen LogP contribution is -2.37. The van der Waals surface area contributed by atoms with Crippen LogP contribution >= 0.6 is 11.8 Å². The number of nitrogens with zero attached hydrogens (tertiary/aromatic N) is 2. The zero-order valence-corrected chi connectivity index (χ0v) is 19.0. The van der Waals surface area contributed by atoms with Crippen LogP contribution in [0.1, 0.15) is 51.8 Å². The highest BCUT2D eigenvalue weighted by atomic mass is 32.2. The number of carbonyl (C=O) groups excluding carboxylic acids is 1. The summed E-state index contributed by atoms with van der Waals surface area (Å²) in [5.41, 5.74) is 4.08. The standard InChI is InChI=1S/C25H29N3O2S/c1-18-9-11-20(12-10-18)23(28-13-5-6-14-28)16-26-25(29)22-7-3-4-8-24(22)31-17-21-15-19(2)27-30-21/h3-4,7-12,15,23H,5-6,13-14,16-17H2,1-2H3,(H,26,29). The molecule has 1 atom stereocenters. The van der Waals surface area contributed by atoms with Crippen LogP contribution in [0, 0.1) is 13.8 Å². The average Bonchev–Trinajstić information content (AvgIpc) is 3.46. The summed E-state index contributed by atoms with van der Waals surface area (Å²) in [7, 11) is 0. The first-order valence-electron chi connectivity index (χ1n) is 10.8. The fourth-order valence-electron chi connectivity index (χ4n) is 4.00. The van der Waals surface area contributed by atoms with E-state index in [9.17, 15) is 4.79 Å². The molecular weight excluding hydrogens is 406 g/mol. The van der Waals surface area contributed by atoms with E-state index in [1.165, 1.54) is 24.0 Å². The number of likely N-dealkylation sites (tertiary alicyclic amines) is 1. The van der Waals surface area contributed by atoms with Gasteiger partial charge in [-0.25, -0.2) is 0 Å². The number of aryl methyl sites for hydroxylation is 2. The molecule has 3 aromatic rings. The third-order valence-electron chi connectivity index (χ3n) is 5.68. The largest absolute Gasteiger partial charge is 0.360 e. The Morgan fingerprint density at radius 2 is 1.87 bits per heavy atom. The van der Waals surface area contributed by atoms with E-state index in [1.54, 1.807) is 11.8 Å². The van der Waals surface area contributed by atoms with Crippen molar-refractivity contribution in [3.63, 3.8) is 0 Å². The van der Waals surface area contributed by atoms with Crippen molar-refractivity contribution in [2.75, 3.05) is 19.6 Å². The summed E-state index contributed by atoms with van der Waals surface area (Å²) in [5, 5.41) is 7.14. The van der Waals surface area contributed by atoms with Crippen molar-refractivity contribution >= 4 is 17.7 Å². The minimum atomic E-state index is -0.0341. The van der Waals surface area contributed by atoms with E-state index in [4.69, 9.17) is 4.52 Å². The molecule has 1 aliphatic heterocycles.